The fourth-order valence-corrected chi connectivity index (χ4v) is 1.97. The van der Waals surface area contributed by atoms with Gasteiger partial charge in [0, 0.05) is 10.9 Å². The first-order valence-electron chi connectivity index (χ1n) is 4.72. The Morgan fingerprint density at radius 3 is 2.64 bits per heavy atom. The van der Waals surface area contributed by atoms with E-state index in [0.717, 1.165) is 35.3 Å². The molecule has 0 N–H and O–H groups in total. The molecule has 1 aliphatic rings. The van der Waals surface area contributed by atoms with Gasteiger partial charge in [0.05, 0.1) is 0 Å². The minimum Gasteiger partial charge on any atom is -0.303 e. The largest absolute Gasteiger partial charge is 0.303 e. The number of allylic oxidation sites excluding steroid dienone is 2. The van der Waals surface area contributed by atoms with Gasteiger partial charge < -0.3 is 4.79 Å². The maximum atomic E-state index is 10.8. The van der Waals surface area contributed by atoms with Crippen molar-refractivity contribution in [1.29, 1.82) is 0 Å². The monoisotopic (exact) mass is 206 g/mol. The second kappa shape index (κ2) is 3.97. The van der Waals surface area contributed by atoms with Gasteiger partial charge in [0.1, 0.15) is 6.29 Å². The maximum absolute atomic E-state index is 10.8. The van der Waals surface area contributed by atoms with Crippen molar-refractivity contribution in [3.05, 3.63) is 40.9 Å². The molecular weight excluding hydrogens is 196 g/mol. The number of aldehydes is 1. The second-order valence-corrected chi connectivity index (χ2v) is 3.92. The van der Waals surface area contributed by atoms with E-state index in [4.69, 9.17) is 11.6 Å². The summed E-state index contributed by atoms with van der Waals surface area (Å²) in [6, 6.07) is 7.65. The summed E-state index contributed by atoms with van der Waals surface area (Å²) in [5.41, 5.74) is 2.26. The summed E-state index contributed by atoms with van der Waals surface area (Å²) >= 11 is 5.80. The number of rotatable bonds is 2. The van der Waals surface area contributed by atoms with Gasteiger partial charge in [-0.2, -0.15) is 0 Å². The molecule has 0 saturated heterocycles. The first kappa shape index (κ1) is 9.47. The topological polar surface area (TPSA) is 17.1 Å². The SMILES string of the molecule is O=CC1CCC=C1c1ccc(Cl)cc1. The van der Waals surface area contributed by atoms with Gasteiger partial charge in [0.15, 0.2) is 0 Å². The normalized spacial score (nSPS) is 20.6. The second-order valence-electron chi connectivity index (χ2n) is 3.49. The standard InChI is InChI=1S/C12H11ClO/c13-11-6-4-9(5-7-11)12-3-1-2-10(12)8-14/h3-8,10H,1-2H2. The van der Waals surface area contributed by atoms with Gasteiger partial charge in [-0.1, -0.05) is 29.8 Å². The molecule has 0 saturated carbocycles. The summed E-state index contributed by atoms with van der Waals surface area (Å²) in [7, 11) is 0. The van der Waals surface area contributed by atoms with E-state index in [9.17, 15) is 4.79 Å². The van der Waals surface area contributed by atoms with Crippen molar-refractivity contribution in [1.82, 2.24) is 0 Å². The summed E-state index contributed by atoms with van der Waals surface area (Å²) in [4.78, 5) is 10.8. The number of carbonyl (C=O) groups is 1. The van der Waals surface area contributed by atoms with Crippen molar-refractivity contribution in [2.24, 2.45) is 5.92 Å². The van der Waals surface area contributed by atoms with Crippen LogP contribution in [0.5, 0.6) is 0 Å². The number of hydrogen-bond donors (Lipinski definition) is 0. The van der Waals surface area contributed by atoms with Crippen LogP contribution in [0.15, 0.2) is 30.3 Å². The minimum absolute atomic E-state index is 0.0798. The molecule has 0 spiro atoms. The predicted molar refractivity (Wildman–Crippen MR) is 58.2 cm³/mol. The molecule has 0 aliphatic heterocycles. The van der Waals surface area contributed by atoms with E-state index in [0.29, 0.717) is 0 Å². The van der Waals surface area contributed by atoms with E-state index in [1.165, 1.54) is 0 Å². The lowest BCUT2D eigenvalue weighted by Crippen LogP contribution is -1.99. The van der Waals surface area contributed by atoms with Crippen LogP contribution in [-0.4, -0.2) is 6.29 Å². The Morgan fingerprint density at radius 2 is 2.00 bits per heavy atom. The number of hydrogen-bond acceptors (Lipinski definition) is 1. The molecule has 0 aromatic heterocycles. The minimum atomic E-state index is 0.0798. The zero-order valence-electron chi connectivity index (χ0n) is 7.74. The molecule has 1 aromatic rings. The summed E-state index contributed by atoms with van der Waals surface area (Å²) in [5.74, 6) is 0.0798. The van der Waals surface area contributed by atoms with Crippen LogP contribution in [0.25, 0.3) is 5.57 Å². The smallest absolute Gasteiger partial charge is 0.127 e. The molecule has 1 nitrogen and oxygen atoms in total. The van der Waals surface area contributed by atoms with Crippen LogP contribution >= 0.6 is 11.6 Å². The van der Waals surface area contributed by atoms with Crippen LogP contribution < -0.4 is 0 Å². The molecule has 2 rings (SSSR count). The van der Waals surface area contributed by atoms with Crippen LogP contribution in [0.3, 0.4) is 0 Å². The lowest BCUT2D eigenvalue weighted by Gasteiger charge is -2.07. The van der Waals surface area contributed by atoms with Crippen molar-refractivity contribution >= 4 is 23.5 Å². The predicted octanol–water partition coefficient (Wildman–Crippen LogP) is 3.33. The molecule has 0 amide bonds. The summed E-state index contributed by atoms with van der Waals surface area (Å²) < 4.78 is 0. The Balaban J connectivity index is 2.30. The van der Waals surface area contributed by atoms with Gasteiger partial charge >= 0.3 is 0 Å². The molecule has 0 fully saturated rings. The quantitative estimate of drug-likeness (QED) is 0.679. The summed E-state index contributed by atoms with van der Waals surface area (Å²) in [6.45, 7) is 0. The highest BCUT2D eigenvalue weighted by Gasteiger charge is 2.19. The highest BCUT2D eigenvalue weighted by atomic mass is 35.5. The molecule has 1 atom stereocenters. The third-order valence-corrected chi connectivity index (χ3v) is 2.84. The molecular formula is C12H11ClO. The van der Waals surface area contributed by atoms with Gasteiger partial charge in [-0.15, -0.1) is 0 Å². The molecule has 1 aliphatic carbocycles. The van der Waals surface area contributed by atoms with Crippen LogP contribution in [-0.2, 0) is 4.79 Å². The maximum Gasteiger partial charge on any atom is 0.127 e. The Kier molecular flexibility index (Phi) is 2.69. The fraction of sp³-hybridized carbons (Fsp3) is 0.250. The van der Waals surface area contributed by atoms with Crippen LogP contribution in [0.4, 0.5) is 0 Å². The van der Waals surface area contributed by atoms with Gasteiger partial charge in [-0.05, 0) is 36.1 Å². The first-order valence-corrected chi connectivity index (χ1v) is 5.10. The molecule has 0 radical (unpaired) electrons. The van der Waals surface area contributed by atoms with Gasteiger partial charge in [0.25, 0.3) is 0 Å². The van der Waals surface area contributed by atoms with Gasteiger partial charge in [-0.3, -0.25) is 0 Å². The lowest BCUT2D eigenvalue weighted by atomic mass is 9.96. The van der Waals surface area contributed by atoms with Gasteiger partial charge in [0.2, 0.25) is 0 Å². The zero-order chi connectivity index (χ0) is 9.97. The van der Waals surface area contributed by atoms with Crippen molar-refractivity contribution in [3.63, 3.8) is 0 Å². The Bertz CT molecular complexity index is 364. The van der Waals surface area contributed by atoms with Gasteiger partial charge in [-0.25, -0.2) is 0 Å². The van der Waals surface area contributed by atoms with E-state index < -0.39 is 0 Å². The van der Waals surface area contributed by atoms with Crippen molar-refractivity contribution in [3.8, 4) is 0 Å². The Morgan fingerprint density at radius 1 is 1.29 bits per heavy atom. The van der Waals surface area contributed by atoms with Crippen molar-refractivity contribution in [2.45, 2.75) is 12.8 Å². The van der Waals surface area contributed by atoms with Crippen LogP contribution in [0.1, 0.15) is 18.4 Å². The number of carbonyl (C=O) groups excluding carboxylic acids is 1. The van der Waals surface area contributed by atoms with Crippen molar-refractivity contribution in [2.75, 3.05) is 0 Å². The fourth-order valence-electron chi connectivity index (χ4n) is 1.84. The van der Waals surface area contributed by atoms with E-state index in [1.807, 2.05) is 24.3 Å². The van der Waals surface area contributed by atoms with Crippen LogP contribution in [0.2, 0.25) is 5.02 Å². The molecule has 2 heteroatoms. The third kappa shape index (κ3) is 1.73. The number of halogens is 1. The highest BCUT2D eigenvalue weighted by Crippen LogP contribution is 2.32. The molecule has 1 aromatic carbocycles. The Hall–Kier alpha value is -1.08. The summed E-state index contributed by atoms with van der Waals surface area (Å²) in [5, 5.41) is 0.731. The average molecular weight is 207 g/mol. The zero-order valence-corrected chi connectivity index (χ0v) is 8.50. The molecule has 72 valence electrons. The van der Waals surface area contributed by atoms with Crippen molar-refractivity contribution < 1.29 is 4.79 Å². The lowest BCUT2D eigenvalue weighted by molar-refractivity contribution is -0.109. The molecule has 14 heavy (non-hydrogen) atoms. The highest BCUT2D eigenvalue weighted by molar-refractivity contribution is 6.30. The van der Waals surface area contributed by atoms with E-state index in [-0.39, 0.29) is 5.92 Å². The van der Waals surface area contributed by atoms with Crippen LogP contribution in [0, 0.1) is 5.92 Å². The first-order chi connectivity index (χ1) is 6.81. The molecule has 0 bridgehead atoms. The molecule has 1 unspecified atom stereocenters. The number of benzene rings is 1. The third-order valence-electron chi connectivity index (χ3n) is 2.58. The summed E-state index contributed by atoms with van der Waals surface area (Å²) in [6.07, 6.45) is 5.12. The Labute approximate surface area is 88.4 Å². The van der Waals surface area contributed by atoms with E-state index >= 15 is 0 Å². The average Bonchev–Trinajstić information content (AvgIpc) is 2.67. The molecule has 0 heterocycles. The van der Waals surface area contributed by atoms with E-state index in [2.05, 4.69) is 6.08 Å². The van der Waals surface area contributed by atoms with E-state index in [1.54, 1.807) is 0 Å².